The van der Waals surface area contributed by atoms with Gasteiger partial charge in [0.05, 0.1) is 12.6 Å². The summed E-state index contributed by atoms with van der Waals surface area (Å²) in [6.45, 7) is 8.02. The Morgan fingerprint density at radius 1 is 1.59 bits per heavy atom. The van der Waals surface area contributed by atoms with Crippen molar-refractivity contribution in [1.29, 1.82) is 5.26 Å². The van der Waals surface area contributed by atoms with Gasteiger partial charge in [-0.2, -0.15) is 10.4 Å². The lowest BCUT2D eigenvalue weighted by atomic mass is 9.92. The third-order valence-corrected chi connectivity index (χ3v) is 3.38. The molecule has 0 N–H and O–H groups in total. The second-order valence-electron chi connectivity index (χ2n) is 5.27. The Bertz CT molecular complexity index is 436. The number of rotatable bonds is 2. The predicted octanol–water partition coefficient (Wildman–Crippen LogP) is 2.72. The van der Waals surface area contributed by atoms with Crippen LogP contribution in [-0.4, -0.2) is 23.0 Å². The van der Waals surface area contributed by atoms with E-state index in [2.05, 4.69) is 31.3 Å². The zero-order valence-electron chi connectivity index (χ0n) is 10.4. The molecular formula is C12H17N3OS. The highest BCUT2D eigenvalue weighted by Gasteiger charge is 2.27. The van der Waals surface area contributed by atoms with Crippen LogP contribution in [0.1, 0.15) is 38.9 Å². The van der Waals surface area contributed by atoms with Crippen LogP contribution in [0.2, 0.25) is 0 Å². The molecule has 1 atom stereocenters. The molecule has 0 spiro atoms. The highest BCUT2D eigenvalue weighted by molar-refractivity contribution is 8.03. The normalized spacial score (nSPS) is 20.5. The Hall–Kier alpha value is -0.990. The summed E-state index contributed by atoms with van der Waals surface area (Å²) in [6.07, 6.45) is 1.00. The molecule has 0 amide bonds. The molecule has 5 heteroatoms. The standard InChI is InChI=1S/C12H17N3OS/c1-12(2,3)10-6-11(17-8-13)14-15(10)9-4-5-16-7-9/h6,9H,4-5,7H2,1-3H3/t9-/m0/s1. The van der Waals surface area contributed by atoms with Crippen LogP contribution in [0.15, 0.2) is 11.1 Å². The van der Waals surface area contributed by atoms with Crippen LogP contribution in [0, 0.1) is 10.7 Å². The molecular weight excluding hydrogens is 234 g/mol. The van der Waals surface area contributed by atoms with E-state index in [9.17, 15) is 0 Å². The molecule has 4 nitrogen and oxygen atoms in total. The number of nitrogens with zero attached hydrogens (tertiary/aromatic N) is 3. The van der Waals surface area contributed by atoms with Gasteiger partial charge >= 0.3 is 0 Å². The summed E-state index contributed by atoms with van der Waals surface area (Å²) in [5.74, 6) is 0. The Labute approximate surface area is 106 Å². The molecule has 1 saturated heterocycles. The summed E-state index contributed by atoms with van der Waals surface area (Å²) >= 11 is 1.12. The minimum absolute atomic E-state index is 0.0316. The molecule has 1 aromatic rings. The molecule has 2 heterocycles. The van der Waals surface area contributed by atoms with Gasteiger partial charge in [0, 0.05) is 29.5 Å². The van der Waals surface area contributed by atoms with Gasteiger partial charge in [0.25, 0.3) is 0 Å². The Kier molecular flexibility index (Phi) is 3.45. The average molecular weight is 251 g/mol. The second-order valence-corrected chi connectivity index (χ2v) is 6.08. The van der Waals surface area contributed by atoms with E-state index in [4.69, 9.17) is 10.00 Å². The SMILES string of the molecule is CC(C)(C)c1cc(SC#N)nn1[C@H]1CCOC1. The molecule has 0 aliphatic carbocycles. The smallest absolute Gasteiger partial charge is 0.140 e. The lowest BCUT2D eigenvalue weighted by Crippen LogP contribution is -2.22. The molecule has 17 heavy (non-hydrogen) atoms. The van der Waals surface area contributed by atoms with Crippen molar-refractivity contribution in [3.8, 4) is 5.40 Å². The molecule has 92 valence electrons. The van der Waals surface area contributed by atoms with Gasteiger partial charge in [-0.15, -0.1) is 0 Å². The zero-order valence-corrected chi connectivity index (χ0v) is 11.3. The van der Waals surface area contributed by atoms with Crippen LogP contribution < -0.4 is 0 Å². The maximum Gasteiger partial charge on any atom is 0.140 e. The van der Waals surface area contributed by atoms with Crippen molar-refractivity contribution in [2.75, 3.05) is 13.2 Å². The first-order valence-corrected chi connectivity index (χ1v) is 6.57. The summed E-state index contributed by atoms with van der Waals surface area (Å²) in [4.78, 5) is 0. The first kappa shape index (κ1) is 12.5. The topological polar surface area (TPSA) is 50.8 Å². The summed E-state index contributed by atoms with van der Waals surface area (Å²) in [5, 5.41) is 16.1. The average Bonchev–Trinajstić information content (AvgIpc) is 2.82. The number of ether oxygens (including phenoxy) is 1. The fraction of sp³-hybridized carbons (Fsp3) is 0.667. The maximum absolute atomic E-state index is 8.73. The molecule has 0 unspecified atom stereocenters. The second kappa shape index (κ2) is 4.71. The third-order valence-electron chi connectivity index (χ3n) is 2.88. The van der Waals surface area contributed by atoms with Gasteiger partial charge in [-0.1, -0.05) is 20.8 Å². The van der Waals surface area contributed by atoms with Gasteiger partial charge in [-0.25, -0.2) is 0 Å². The van der Waals surface area contributed by atoms with Crippen LogP contribution >= 0.6 is 11.8 Å². The van der Waals surface area contributed by atoms with Crippen LogP contribution in [0.25, 0.3) is 0 Å². The van der Waals surface area contributed by atoms with Gasteiger partial charge in [-0.05, 0) is 12.5 Å². The molecule has 1 fully saturated rings. The lowest BCUT2D eigenvalue weighted by molar-refractivity contribution is 0.183. The van der Waals surface area contributed by atoms with Crippen molar-refractivity contribution in [3.05, 3.63) is 11.8 Å². The zero-order chi connectivity index (χ0) is 12.5. The van der Waals surface area contributed by atoms with E-state index in [1.54, 1.807) is 0 Å². The minimum Gasteiger partial charge on any atom is -0.379 e. The van der Waals surface area contributed by atoms with E-state index in [0.717, 1.165) is 36.4 Å². The van der Waals surface area contributed by atoms with Gasteiger partial charge in [0.1, 0.15) is 10.4 Å². The molecule has 0 aromatic carbocycles. The number of aromatic nitrogens is 2. The van der Waals surface area contributed by atoms with Crippen LogP contribution in [0.5, 0.6) is 0 Å². The summed E-state index contributed by atoms with van der Waals surface area (Å²) in [6, 6.07) is 2.34. The number of hydrogen-bond acceptors (Lipinski definition) is 4. The van der Waals surface area contributed by atoms with Gasteiger partial charge in [0.15, 0.2) is 0 Å². The van der Waals surface area contributed by atoms with Crippen molar-refractivity contribution < 1.29 is 4.74 Å². The van der Waals surface area contributed by atoms with Crippen LogP contribution in [0.3, 0.4) is 0 Å². The number of thiocyanates is 1. The van der Waals surface area contributed by atoms with E-state index in [-0.39, 0.29) is 5.41 Å². The molecule has 1 aromatic heterocycles. The summed E-state index contributed by atoms with van der Waals surface area (Å²) < 4.78 is 7.46. The Morgan fingerprint density at radius 3 is 2.88 bits per heavy atom. The van der Waals surface area contributed by atoms with Gasteiger partial charge in [-0.3, -0.25) is 4.68 Å². The summed E-state index contributed by atoms with van der Waals surface area (Å²) in [7, 11) is 0. The highest BCUT2D eigenvalue weighted by atomic mass is 32.2. The highest BCUT2D eigenvalue weighted by Crippen LogP contribution is 2.31. The first-order chi connectivity index (χ1) is 8.02. The largest absolute Gasteiger partial charge is 0.379 e. The molecule has 2 rings (SSSR count). The van der Waals surface area contributed by atoms with E-state index < -0.39 is 0 Å². The maximum atomic E-state index is 8.73. The molecule has 0 bridgehead atoms. The van der Waals surface area contributed by atoms with Crippen molar-refractivity contribution in [1.82, 2.24) is 9.78 Å². The van der Waals surface area contributed by atoms with E-state index >= 15 is 0 Å². The number of thioether (sulfide) groups is 1. The number of nitriles is 1. The molecule has 0 saturated carbocycles. The van der Waals surface area contributed by atoms with E-state index in [0.29, 0.717) is 6.04 Å². The Balaban J connectivity index is 2.37. The molecule has 1 aliphatic rings. The van der Waals surface area contributed by atoms with Crippen molar-refractivity contribution >= 4 is 11.8 Å². The van der Waals surface area contributed by atoms with Crippen molar-refractivity contribution in [2.45, 2.75) is 43.7 Å². The molecule has 0 radical (unpaired) electrons. The minimum atomic E-state index is 0.0316. The fourth-order valence-electron chi connectivity index (χ4n) is 2.02. The number of hydrogen-bond donors (Lipinski definition) is 0. The van der Waals surface area contributed by atoms with E-state index in [1.165, 1.54) is 5.69 Å². The van der Waals surface area contributed by atoms with Crippen molar-refractivity contribution in [2.24, 2.45) is 0 Å². The van der Waals surface area contributed by atoms with Crippen molar-refractivity contribution in [3.63, 3.8) is 0 Å². The Morgan fingerprint density at radius 2 is 2.35 bits per heavy atom. The summed E-state index contributed by atoms with van der Waals surface area (Å²) in [5.41, 5.74) is 1.20. The third kappa shape index (κ3) is 2.64. The monoisotopic (exact) mass is 251 g/mol. The van der Waals surface area contributed by atoms with Crippen LogP contribution in [-0.2, 0) is 10.2 Å². The first-order valence-electron chi connectivity index (χ1n) is 5.76. The quantitative estimate of drug-likeness (QED) is 0.599. The van der Waals surface area contributed by atoms with E-state index in [1.807, 2.05) is 10.7 Å². The lowest BCUT2D eigenvalue weighted by Gasteiger charge is -2.22. The van der Waals surface area contributed by atoms with Gasteiger partial charge < -0.3 is 4.74 Å². The molecule has 1 aliphatic heterocycles. The predicted molar refractivity (Wildman–Crippen MR) is 66.9 cm³/mol. The van der Waals surface area contributed by atoms with Crippen LogP contribution in [0.4, 0.5) is 0 Å². The van der Waals surface area contributed by atoms with Gasteiger partial charge in [0.2, 0.25) is 0 Å². The fourth-order valence-corrected chi connectivity index (χ4v) is 2.41.